The Morgan fingerprint density at radius 1 is 0.950 bits per heavy atom. The first kappa shape index (κ1) is 28.4. The molecule has 0 spiro atoms. The molecule has 0 radical (unpaired) electrons. The molecular weight excluding hydrogens is 540 g/mol. The monoisotopic (exact) mass is 576 g/mol. The highest BCUT2D eigenvalue weighted by molar-refractivity contribution is 8.00. The smallest absolute Gasteiger partial charge is 0.341 e. The van der Waals surface area contributed by atoms with E-state index in [1.165, 1.54) is 29.5 Å². The maximum atomic E-state index is 13.9. The molecule has 2 aliphatic rings. The van der Waals surface area contributed by atoms with Crippen molar-refractivity contribution in [2.45, 2.75) is 74.9 Å². The van der Waals surface area contributed by atoms with Crippen LogP contribution in [0.15, 0.2) is 59.5 Å². The minimum absolute atomic E-state index is 0.0677. The van der Waals surface area contributed by atoms with Gasteiger partial charge in [-0.2, -0.15) is 0 Å². The lowest BCUT2D eigenvalue weighted by molar-refractivity contribution is -0.120. The zero-order chi connectivity index (χ0) is 27.9. The van der Waals surface area contributed by atoms with Crippen molar-refractivity contribution >= 4 is 51.6 Å². The molecular formula is C32H36N2O4S2. The summed E-state index contributed by atoms with van der Waals surface area (Å²) in [6.45, 7) is 2.08. The third-order valence-corrected chi connectivity index (χ3v) is 10.0. The molecule has 2 amide bonds. The van der Waals surface area contributed by atoms with Crippen LogP contribution in [0.1, 0.15) is 83.5 Å². The van der Waals surface area contributed by atoms with E-state index in [4.69, 9.17) is 4.74 Å². The molecule has 3 aromatic rings. The van der Waals surface area contributed by atoms with E-state index in [1.54, 1.807) is 6.92 Å². The van der Waals surface area contributed by atoms with E-state index in [2.05, 4.69) is 10.6 Å². The number of nitrogens with one attached hydrogen (secondary N) is 2. The molecule has 1 saturated carbocycles. The zero-order valence-electron chi connectivity index (χ0n) is 22.9. The first-order valence-electron chi connectivity index (χ1n) is 14.3. The first-order valence-corrected chi connectivity index (χ1v) is 16.0. The lowest BCUT2D eigenvalue weighted by Crippen LogP contribution is -2.24. The number of aryl methyl sites for hydroxylation is 1. The Hall–Kier alpha value is -3.10. The minimum Gasteiger partial charge on any atom is -0.462 e. The summed E-state index contributed by atoms with van der Waals surface area (Å²) in [7, 11) is 0. The number of thioether (sulfide) groups is 1. The summed E-state index contributed by atoms with van der Waals surface area (Å²) in [6.07, 6.45) is 9.14. The quantitative estimate of drug-likeness (QED) is 0.201. The van der Waals surface area contributed by atoms with Gasteiger partial charge in [0.1, 0.15) is 10.3 Å². The summed E-state index contributed by atoms with van der Waals surface area (Å²) < 4.78 is 5.38. The summed E-state index contributed by atoms with van der Waals surface area (Å²) >= 11 is 2.93. The van der Waals surface area contributed by atoms with Crippen LogP contribution in [0.2, 0.25) is 0 Å². The van der Waals surface area contributed by atoms with E-state index < -0.39 is 5.25 Å². The molecule has 2 N–H and O–H groups in total. The van der Waals surface area contributed by atoms with Gasteiger partial charge in [-0.3, -0.25) is 9.59 Å². The van der Waals surface area contributed by atoms with Crippen LogP contribution in [0.4, 0.5) is 10.7 Å². The highest BCUT2D eigenvalue weighted by Crippen LogP contribution is 2.41. The maximum absolute atomic E-state index is 13.9. The second kappa shape index (κ2) is 13.5. The molecule has 210 valence electrons. The Morgan fingerprint density at radius 2 is 1.73 bits per heavy atom. The van der Waals surface area contributed by atoms with Crippen LogP contribution in [0.5, 0.6) is 0 Å². The van der Waals surface area contributed by atoms with E-state index in [-0.39, 0.29) is 30.3 Å². The Balaban J connectivity index is 1.38. The molecule has 2 aromatic carbocycles. The van der Waals surface area contributed by atoms with E-state index in [9.17, 15) is 14.4 Å². The SMILES string of the molecule is CCOC(=O)c1c(NC(=O)C(Sc2cccc(NC(=O)C3CCCCC3)c2)c2ccccc2)sc2c1CCCC2. The summed E-state index contributed by atoms with van der Waals surface area (Å²) in [5, 5.41) is 6.21. The first-order chi connectivity index (χ1) is 19.5. The predicted octanol–water partition coefficient (Wildman–Crippen LogP) is 7.79. The number of ether oxygens (including phenoxy) is 1. The van der Waals surface area contributed by atoms with Gasteiger partial charge in [-0.05, 0) is 74.8 Å². The summed E-state index contributed by atoms with van der Waals surface area (Å²) in [5.41, 5.74) is 3.14. The molecule has 1 fully saturated rings. The minimum atomic E-state index is -0.556. The molecule has 2 aliphatic carbocycles. The number of amides is 2. The number of benzene rings is 2. The molecule has 1 heterocycles. The van der Waals surface area contributed by atoms with E-state index in [0.29, 0.717) is 10.6 Å². The van der Waals surface area contributed by atoms with E-state index >= 15 is 0 Å². The average molecular weight is 577 g/mol. The highest BCUT2D eigenvalue weighted by atomic mass is 32.2. The molecule has 8 heteroatoms. The Bertz CT molecular complexity index is 1350. The van der Waals surface area contributed by atoms with Gasteiger partial charge in [0, 0.05) is 21.4 Å². The molecule has 0 aliphatic heterocycles. The van der Waals surface area contributed by atoms with Crippen molar-refractivity contribution in [3.63, 3.8) is 0 Å². The van der Waals surface area contributed by atoms with Crippen LogP contribution in [-0.4, -0.2) is 24.4 Å². The van der Waals surface area contributed by atoms with Crippen LogP contribution in [0, 0.1) is 5.92 Å². The van der Waals surface area contributed by atoms with Gasteiger partial charge in [-0.25, -0.2) is 4.79 Å². The molecule has 1 atom stereocenters. The molecule has 40 heavy (non-hydrogen) atoms. The fourth-order valence-corrected chi connectivity index (χ4v) is 7.91. The van der Waals surface area contributed by atoms with Crippen molar-refractivity contribution in [1.29, 1.82) is 0 Å². The van der Waals surface area contributed by atoms with Gasteiger partial charge in [0.25, 0.3) is 0 Å². The number of anilines is 2. The van der Waals surface area contributed by atoms with Gasteiger partial charge >= 0.3 is 5.97 Å². The average Bonchev–Trinajstić information content (AvgIpc) is 3.35. The van der Waals surface area contributed by atoms with Crippen molar-refractivity contribution in [2.75, 3.05) is 17.2 Å². The molecule has 0 saturated heterocycles. The number of esters is 1. The lowest BCUT2D eigenvalue weighted by atomic mass is 9.88. The van der Waals surface area contributed by atoms with Crippen molar-refractivity contribution in [2.24, 2.45) is 5.92 Å². The summed E-state index contributed by atoms with van der Waals surface area (Å²) in [5.74, 6) is -0.426. The highest BCUT2D eigenvalue weighted by Gasteiger charge is 2.30. The van der Waals surface area contributed by atoms with E-state index in [0.717, 1.165) is 78.0 Å². The number of hydrogen-bond donors (Lipinski definition) is 2. The molecule has 5 rings (SSSR count). The number of thiophene rings is 1. The van der Waals surface area contributed by atoms with Crippen LogP contribution >= 0.6 is 23.1 Å². The Kier molecular flexibility index (Phi) is 9.60. The second-order valence-electron chi connectivity index (χ2n) is 10.4. The normalized spacial score (nSPS) is 16.0. The number of fused-ring (bicyclic) bond motifs is 1. The third kappa shape index (κ3) is 6.78. The molecule has 1 aromatic heterocycles. The second-order valence-corrected chi connectivity index (χ2v) is 12.7. The van der Waals surface area contributed by atoms with Gasteiger partial charge in [0.05, 0.1) is 12.2 Å². The largest absolute Gasteiger partial charge is 0.462 e. The van der Waals surface area contributed by atoms with Crippen molar-refractivity contribution in [3.8, 4) is 0 Å². The summed E-state index contributed by atoms with van der Waals surface area (Å²) in [4.78, 5) is 41.7. The number of hydrogen-bond acceptors (Lipinski definition) is 6. The predicted molar refractivity (Wildman–Crippen MR) is 162 cm³/mol. The summed E-state index contributed by atoms with van der Waals surface area (Å²) in [6, 6.07) is 17.3. The Labute approximate surface area is 244 Å². The van der Waals surface area contributed by atoms with Gasteiger partial charge in [0.2, 0.25) is 11.8 Å². The fraction of sp³-hybridized carbons (Fsp3) is 0.406. The fourth-order valence-electron chi connectivity index (χ4n) is 5.54. The maximum Gasteiger partial charge on any atom is 0.341 e. The number of carbonyl (C=O) groups excluding carboxylic acids is 3. The number of rotatable bonds is 9. The van der Waals surface area contributed by atoms with Gasteiger partial charge in [-0.1, -0.05) is 55.7 Å². The Morgan fingerprint density at radius 3 is 2.50 bits per heavy atom. The zero-order valence-corrected chi connectivity index (χ0v) is 24.5. The topological polar surface area (TPSA) is 84.5 Å². The number of carbonyl (C=O) groups is 3. The van der Waals surface area contributed by atoms with Crippen LogP contribution in [0.3, 0.4) is 0 Å². The molecule has 6 nitrogen and oxygen atoms in total. The van der Waals surface area contributed by atoms with Crippen molar-refractivity contribution in [3.05, 3.63) is 76.2 Å². The van der Waals surface area contributed by atoms with Crippen LogP contribution in [0.25, 0.3) is 0 Å². The van der Waals surface area contributed by atoms with Crippen molar-refractivity contribution in [1.82, 2.24) is 0 Å². The van der Waals surface area contributed by atoms with Gasteiger partial charge in [0.15, 0.2) is 0 Å². The standard InChI is InChI=1S/C32H36N2O4S2/c1-2-38-32(37)27-25-18-9-10-19-26(25)40-31(27)34-30(36)28(21-12-5-3-6-13-21)39-24-17-11-16-23(20-24)33-29(35)22-14-7-4-8-15-22/h3,5-6,11-13,16-17,20,22,28H,2,4,7-10,14-15,18-19H2,1H3,(H,33,35)(H,34,36). The van der Waals surface area contributed by atoms with Gasteiger partial charge < -0.3 is 15.4 Å². The van der Waals surface area contributed by atoms with Crippen LogP contribution in [-0.2, 0) is 27.2 Å². The van der Waals surface area contributed by atoms with E-state index in [1.807, 2.05) is 54.6 Å². The van der Waals surface area contributed by atoms with Crippen LogP contribution < -0.4 is 10.6 Å². The lowest BCUT2D eigenvalue weighted by Gasteiger charge is -2.21. The van der Waals surface area contributed by atoms with Gasteiger partial charge in [-0.15, -0.1) is 23.1 Å². The van der Waals surface area contributed by atoms with Crippen molar-refractivity contribution < 1.29 is 19.1 Å². The molecule has 0 bridgehead atoms. The third-order valence-electron chi connectivity index (χ3n) is 7.56. The molecule has 1 unspecified atom stereocenters.